The van der Waals surface area contributed by atoms with Gasteiger partial charge in [0.15, 0.2) is 0 Å². The summed E-state index contributed by atoms with van der Waals surface area (Å²) in [5, 5.41) is 0. The summed E-state index contributed by atoms with van der Waals surface area (Å²) < 4.78 is 0. The number of aromatic nitrogens is 6. The van der Waals surface area contributed by atoms with E-state index in [1.165, 1.54) is 35.4 Å². The lowest BCUT2D eigenvalue weighted by Crippen LogP contribution is -2.33. The number of nitrogens with zero attached hydrogens (tertiary/aromatic N) is 6. The fraction of sp³-hybridized carbons (Fsp3) is 0.429. The minimum Gasteiger partial charge on any atom is -0.341 e. The topological polar surface area (TPSA) is 142 Å². The predicted molar refractivity (Wildman–Crippen MR) is 209 cm³/mol. The van der Waals surface area contributed by atoms with Gasteiger partial charge in [0.1, 0.15) is 11.6 Å². The van der Waals surface area contributed by atoms with Crippen LogP contribution in [-0.4, -0.2) is 65.9 Å². The Kier molecular flexibility index (Phi) is 12.3. The van der Waals surface area contributed by atoms with Crippen LogP contribution in [-0.2, 0) is 25.9 Å². The molecule has 10 nitrogen and oxygen atoms in total. The van der Waals surface area contributed by atoms with Crippen molar-refractivity contribution in [1.29, 1.82) is 0 Å². The van der Waals surface area contributed by atoms with Gasteiger partial charge in [-0.3, -0.25) is 19.8 Å². The number of H-pyrrole nitrogens is 2. The van der Waals surface area contributed by atoms with Crippen molar-refractivity contribution in [3.05, 3.63) is 119 Å². The van der Waals surface area contributed by atoms with E-state index in [4.69, 9.17) is 31.4 Å². The summed E-state index contributed by atoms with van der Waals surface area (Å²) in [5.74, 6) is 2.06. The lowest BCUT2D eigenvalue weighted by atomic mass is 9.90. The molecule has 2 aliphatic carbocycles. The Labute approximate surface area is 307 Å². The first-order chi connectivity index (χ1) is 25.7. The van der Waals surface area contributed by atoms with E-state index in [0.717, 1.165) is 124 Å². The van der Waals surface area contributed by atoms with Crippen molar-refractivity contribution in [2.24, 2.45) is 11.5 Å². The van der Waals surface area contributed by atoms with Crippen LogP contribution in [0.1, 0.15) is 97.6 Å². The van der Waals surface area contributed by atoms with Crippen molar-refractivity contribution >= 4 is 22.1 Å². The average molecular weight is 699 g/mol. The molecule has 52 heavy (non-hydrogen) atoms. The van der Waals surface area contributed by atoms with Gasteiger partial charge in [-0.05, 0) is 138 Å². The highest BCUT2D eigenvalue weighted by molar-refractivity contribution is 5.75. The molecular formula is C42H54N10. The van der Waals surface area contributed by atoms with Crippen LogP contribution >= 0.6 is 0 Å². The molecule has 0 fully saturated rings. The Hall–Kier alpha value is -4.48. The van der Waals surface area contributed by atoms with Crippen molar-refractivity contribution in [2.45, 2.75) is 89.4 Å². The predicted octanol–water partition coefficient (Wildman–Crippen LogP) is 7.15. The first kappa shape index (κ1) is 35.9. The van der Waals surface area contributed by atoms with Gasteiger partial charge in [0.05, 0.1) is 58.6 Å². The van der Waals surface area contributed by atoms with E-state index in [2.05, 4.69) is 68.3 Å². The summed E-state index contributed by atoms with van der Waals surface area (Å²) in [6, 6.07) is 25.8. The molecule has 0 saturated heterocycles. The molecular weight excluding hydrogens is 645 g/mol. The van der Waals surface area contributed by atoms with Gasteiger partial charge < -0.3 is 21.4 Å². The number of benzene rings is 2. The maximum Gasteiger partial charge on any atom is 0.121 e. The van der Waals surface area contributed by atoms with Crippen LogP contribution in [0.2, 0.25) is 0 Å². The van der Waals surface area contributed by atoms with Crippen molar-refractivity contribution in [2.75, 3.05) is 26.2 Å². The zero-order valence-electron chi connectivity index (χ0n) is 30.4. The molecule has 2 atom stereocenters. The number of para-hydroxylation sites is 4. The molecule has 0 aliphatic heterocycles. The minimum absolute atomic E-state index is 0.367. The number of rotatable bonds is 14. The summed E-state index contributed by atoms with van der Waals surface area (Å²) in [7, 11) is 0. The molecule has 8 rings (SSSR count). The molecule has 0 spiro atoms. The Morgan fingerprint density at radius 1 is 0.577 bits per heavy atom. The van der Waals surface area contributed by atoms with Gasteiger partial charge in [0, 0.05) is 12.4 Å². The van der Waals surface area contributed by atoms with E-state index < -0.39 is 0 Å². The minimum atomic E-state index is 0.367. The van der Waals surface area contributed by atoms with Crippen LogP contribution < -0.4 is 11.5 Å². The van der Waals surface area contributed by atoms with Gasteiger partial charge in [0.2, 0.25) is 0 Å². The van der Waals surface area contributed by atoms with Crippen LogP contribution in [0.3, 0.4) is 0 Å². The average Bonchev–Trinajstić information content (AvgIpc) is 3.80. The van der Waals surface area contributed by atoms with Gasteiger partial charge in [-0.2, -0.15) is 0 Å². The summed E-state index contributed by atoms with van der Waals surface area (Å²) in [6.07, 6.45) is 15.2. The highest BCUT2D eigenvalue weighted by atomic mass is 15.2. The SMILES string of the molecule is NCCCCN(Cc1nc2ccccc2[nH]1)[C@H]1CCCc2cccnc21.NCCCCN(Cc1nc2ccccc2[nH]1)[C@H]1CCCc2cccnc21. The summed E-state index contributed by atoms with van der Waals surface area (Å²) in [4.78, 5) is 31.1. The molecule has 0 radical (unpaired) electrons. The number of hydrogen-bond acceptors (Lipinski definition) is 8. The number of fused-ring (bicyclic) bond motifs is 4. The monoisotopic (exact) mass is 698 g/mol. The quantitative estimate of drug-likeness (QED) is 0.0879. The van der Waals surface area contributed by atoms with Gasteiger partial charge in [-0.1, -0.05) is 36.4 Å². The van der Waals surface area contributed by atoms with Crippen LogP contribution in [0, 0.1) is 0 Å². The zero-order valence-corrected chi connectivity index (χ0v) is 30.4. The van der Waals surface area contributed by atoms with Gasteiger partial charge in [0.25, 0.3) is 0 Å². The summed E-state index contributed by atoms with van der Waals surface area (Å²) >= 11 is 0. The molecule has 0 unspecified atom stereocenters. The molecule has 4 aromatic heterocycles. The van der Waals surface area contributed by atoms with Crippen molar-refractivity contribution in [3.8, 4) is 0 Å². The van der Waals surface area contributed by atoms with Crippen LogP contribution in [0.25, 0.3) is 22.1 Å². The molecule has 6 N–H and O–H groups in total. The lowest BCUT2D eigenvalue weighted by molar-refractivity contribution is 0.159. The molecule has 0 amide bonds. The van der Waals surface area contributed by atoms with Crippen LogP contribution in [0.5, 0.6) is 0 Å². The van der Waals surface area contributed by atoms with Gasteiger partial charge in [-0.15, -0.1) is 0 Å². The molecule has 272 valence electrons. The zero-order chi connectivity index (χ0) is 35.5. The summed E-state index contributed by atoms with van der Waals surface area (Å²) in [6.45, 7) is 5.18. The molecule has 2 aliphatic rings. The van der Waals surface area contributed by atoms with E-state index in [1.54, 1.807) is 0 Å². The molecule has 10 heteroatoms. The maximum atomic E-state index is 5.72. The number of aryl methyl sites for hydroxylation is 2. The number of imidazole rings is 2. The third-order valence-electron chi connectivity index (χ3n) is 10.6. The van der Waals surface area contributed by atoms with Gasteiger partial charge in [-0.25, -0.2) is 9.97 Å². The van der Waals surface area contributed by atoms with Gasteiger partial charge >= 0.3 is 0 Å². The normalized spacial score (nSPS) is 16.9. The van der Waals surface area contributed by atoms with Crippen LogP contribution in [0.4, 0.5) is 0 Å². The fourth-order valence-electron chi connectivity index (χ4n) is 8.04. The molecule has 4 heterocycles. The summed E-state index contributed by atoms with van der Waals surface area (Å²) in [5.41, 5.74) is 21.0. The standard InChI is InChI=1S/2C21H27N5/c2*22-12-3-4-14-26(15-20-24-17-9-1-2-10-18(17)25-20)19-11-5-7-16-8-6-13-23-21(16)19/h2*1-2,6,8-10,13,19H,3-5,7,11-12,14-15,22H2,(H,24,25)/t2*19-/m00/s1. The molecule has 0 bridgehead atoms. The molecule has 2 aromatic carbocycles. The van der Waals surface area contributed by atoms with E-state index in [9.17, 15) is 0 Å². The molecule has 0 saturated carbocycles. The highest BCUT2D eigenvalue weighted by Crippen LogP contribution is 2.35. The van der Waals surface area contributed by atoms with E-state index in [1.807, 2.05) is 36.7 Å². The number of unbranched alkanes of at least 4 members (excludes halogenated alkanes) is 2. The second-order valence-corrected chi connectivity index (χ2v) is 14.2. The maximum absolute atomic E-state index is 5.72. The molecule has 6 aromatic rings. The largest absolute Gasteiger partial charge is 0.341 e. The number of hydrogen-bond donors (Lipinski definition) is 4. The van der Waals surface area contributed by atoms with E-state index in [0.29, 0.717) is 12.1 Å². The number of nitrogens with one attached hydrogen (secondary N) is 2. The third-order valence-corrected chi connectivity index (χ3v) is 10.6. The van der Waals surface area contributed by atoms with Crippen LogP contribution in [0.15, 0.2) is 85.2 Å². The van der Waals surface area contributed by atoms with E-state index >= 15 is 0 Å². The van der Waals surface area contributed by atoms with Crippen molar-refractivity contribution < 1.29 is 0 Å². The first-order valence-corrected chi connectivity index (χ1v) is 19.3. The van der Waals surface area contributed by atoms with Crippen molar-refractivity contribution in [1.82, 2.24) is 39.7 Å². The smallest absolute Gasteiger partial charge is 0.121 e. The van der Waals surface area contributed by atoms with E-state index in [-0.39, 0.29) is 0 Å². The Bertz CT molecular complexity index is 1790. The number of aromatic amines is 2. The van der Waals surface area contributed by atoms with Crippen molar-refractivity contribution in [3.63, 3.8) is 0 Å². The lowest BCUT2D eigenvalue weighted by Gasteiger charge is -2.34. The second kappa shape index (κ2) is 17.8. The highest BCUT2D eigenvalue weighted by Gasteiger charge is 2.29. The fourth-order valence-corrected chi connectivity index (χ4v) is 8.04. The Morgan fingerprint density at radius 3 is 1.48 bits per heavy atom. The third kappa shape index (κ3) is 8.75. The number of nitrogens with two attached hydrogens (primary N) is 2. The second-order valence-electron chi connectivity index (χ2n) is 14.2. The Balaban J connectivity index is 0.000000162. The first-order valence-electron chi connectivity index (χ1n) is 19.3. The number of pyridine rings is 2. The Morgan fingerprint density at radius 2 is 1.04 bits per heavy atom.